The Morgan fingerprint density at radius 3 is 2.62 bits per heavy atom. The Hall–Kier alpha value is -2.11. The summed E-state index contributed by atoms with van der Waals surface area (Å²) >= 11 is 0. The molecule has 0 aromatic heterocycles. The van der Waals surface area contributed by atoms with Gasteiger partial charge in [-0.2, -0.15) is 0 Å². The average molecular weight is 334 g/mol. The van der Waals surface area contributed by atoms with Gasteiger partial charge in [0.1, 0.15) is 0 Å². The number of hydrogen-bond donors (Lipinski definition) is 0. The largest absolute Gasteiger partial charge is 0.490 e. The number of nitro benzene ring substituents is 1. The van der Waals surface area contributed by atoms with Crippen molar-refractivity contribution >= 4 is 11.6 Å². The van der Waals surface area contributed by atoms with Gasteiger partial charge in [0, 0.05) is 30.3 Å². The second-order valence-electron chi connectivity index (χ2n) is 6.92. The van der Waals surface area contributed by atoms with Crippen LogP contribution in [0.15, 0.2) is 18.2 Å². The third-order valence-electron chi connectivity index (χ3n) is 4.87. The van der Waals surface area contributed by atoms with E-state index >= 15 is 0 Å². The summed E-state index contributed by atoms with van der Waals surface area (Å²) < 4.78 is 5.09. The van der Waals surface area contributed by atoms with Gasteiger partial charge in [0.15, 0.2) is 5.75 Å². The maximum atomic E-state index is 13.0. The van der Waals surface area contributed by atoms with Crippen LogP contribution in [0.3, 0.4) is 0 Å². The summed E-state index contributed by atoms with van der Waals surface area (Å²) in [5.74, 6) is 1.03. The zero-order valence-electron chi connectivity index (χ0n) is 14.8. The van der Waals surface area contributed by atoms with Crippen molar-refractivity contribution in [1.82, 2.24) is 4.90 Å². The van der Waals surface area contributed by atoms with Crippen LogP contribution < -0.4 is 4.74 Å². The molecule has 2 rings (SSSR count). The highest BCUT2D eigenvalue weighted by molar-refractivity contribution is 5.95. The number of rotatable bonds is 4. The summed E-state index contributed by atoms with van der Waals surface area (Å²) in [6.07, 6.45) is 3.10. The fourth-order valence-corrected chi connectivity index (χ4v) is 3.35. The van der Waals surface area contributed by atoms with E-state index in [0.717, 1.165) is 25.8 Å². The lowest BCUT2D eigenvalue weighted by Gasteiger charge is -2.33. The molecular formula is C18H26N2O4. The summed E-state index contributed by atoms with van der Waals surface area (Å²) in [5.41, 5.74) is 0.316. The second kappa shape index (κ2) is 7.64. The van der Waals surface area contributed by atoms with Crippen LogP contribution in [0.1, 0.15) is 50.4 Å². The van der Waals surface area contributed by atoms with Crippen molar-refractivity contribution in [3.63, 3.8) is 0 Å². The number of carbonyl (C=O) groups is 1. The number of hydrogen-bond acceptors (Lipinski definition) is 4. The van der Waals surface area contributed by atoms with Gasteiger partial charge >= 0.3 is 5.69 Å². The molecule has 24 heavy (non-hydrogen) atoms. The molecule has 0 N–H and O–H groups in total. The van der Waals surface area contributed by atoms with Crippen molar-refractivity contribution in [2.75, 3.05) is 13.7 Å². The van der Waals surface area contributed by atoms with Gasteiger partial charge in [0.25, 0.3) is 5.91 Å². The van der Waals surface area contributed by atoms with Crippen molar-refractivity contribution < 1.29 is 14.5 Å². The molecule has 1 aromatic rings. The number of likely N-dealkylation sites (tertiary alicyclic amines) is 1. The Balaban J connectivity index is 2.33. The van der Waals surface area contributed by atoms with Crippen molar-refractivity contribution in [1.29, 1.82) is 0 Å². The first-order chi connectivity index (χ1) is 11.3. The molecule has 1 amide bonds. The molecule has 0 aliphatic carbocycles. The zero-order chi connectivity index (χ0) is 17.9. The smallest absolute Gasteiger partial charge is 0.310 e. The third-order valence-corrected chi connectivity index (χ3v) is 4.87. The number of nitro groups is 1. The van der Waals surface area contributed by atoms with Gasteiger partial charge in [0.05, 0.1) is 12.0 Å². The molecule has 132 valence electrons. The van der Waals surface area contributed by atoms with Crippen LogP contribution in [0.2, 0.25) is 0 Å². The Kier molecular flexibility index (Phi) is 5.80. The maximum Gasteiger partial charge on any atom is 0.310 e. The minimum absolute atomic E-state index is 0.0732. The lowest BCUT2D eigenvalue weighted by Crippen LogP contribution is -2.42. The molecule has 1 heterocycles. The standard InChI is InChI=1S/C18H26N2O4/c1-12(2)15-7-5-13(3)9-10-19(15)18(21)14-6-8-16(20(22)23)17(11-14)24-4/h6,8,11-13,15H,5,7,9-10H2,1-4H3. The fourth-order valence-electron chi connectivity index (χ4n) is 3.35. The molecule has 1 aliphatic heterocycles. The van der Waals surface area contributed by atoms with E-state index in [9.17, 15) is 14.9 Å². The second-order valence-corrected chi connectivity index (χ2v) is 6.92. The lowest BCUT2D eigenvalue weighted by atomic mass is 9.95. The van der Waals surface area contributed by atoms with Crippen molar-refractivity contribution in [3.05, 3.63) is 33.9 Å². The van der Waals surface area contributed by atoms with Crippen LogP contribution in [-0.4, -0.2) is 35.4 Å². The molecule has 0 saturated carbocycles. The minimum Gasteiger partial charge on any atom is -0.490 e. The van der Waals surface area contributed by atoms with E-state index in [0.29, 0.717) is 17.4 Å². The molecule has 0 radical (unpaired) electrons. The first kappa shape index (κ1) is 18.2. The van der Waals surface area contributed by atoms with Gasteiger partial charge in [-0.3, -0.25) is 14.9 Å². The van der Waals surface area contributed by atoms with Crippen LogP contribution in [0.5, 0.6) is 5.75 Å². The number of amides is 1. The van der Waals surface area contributed by atoms with Crippen molar-refractivity contribution in [2.24, 2.45) is 11.8 Å². The highest BCUT2D eigenvalue weighted by Gasteiger charge is 2.31. The zero-order valence-corrected chi connectivity index (χ0v) is 14.8. The SMILES string of the molecule is COc1cc(C(=O)N2CCC(C)CCC2C(C)C)ccc1[N+](=O)[O-]. The van der Waals surface area contributed by atoms with E-state index in [1.54, 1.807) is 0 Å². The first-order valence-corrected chi connectivity index (χ1v) is 8.48. The predicted octanol–water partition coefficient (Wildman–Crippen LogP) is 3.89. The number of nitrogens with zero attached hydrogens (tertiary/aromatic N) is 2. The monoisotopic (exact) mass is 334 g/mol. The summed E-state index contributed by atoms with van der Waals surface area (Å²) in [6.45, 7) is 7.22. The van der Waals surface area contributed by atoms with Gasteiger partial charge in [-0.1, -0.05) is 20.8 Å². The lowest BCUT2D eigenvalue weighted by molar-refractivity contribution is -0.385. The first-order valence-electron chi connectivity index (χ1n) is 8.48. The summed E-state index contributed by atoms with van der Waals surface area (Å²) in [5, 5.41) is 11.0. The average Bonchev–Trinajstić information content (AvgIpc) is 2.75. The molecule has 2 atom stereocenters. The topological polar surface area (TPSA) is 72.7 Å². The van der Waals surface area contributed by atoms with Crippen LogP contribution >= 0.6 is 0 Å². The van der Waals surface area contributed by atoms with Gasteiger partial charge in [-0.05, 0) is 37.2 Å². The predicted molar refractivity (Wildman–Crippen MR) is 92.3 cm³/mol. The van der Waals surface area contributed by atoms with Crippen LogP contribution in [0.25, 0.3) is 0 Å². The number of carbonyl (C=O) groups excluding carboxylic acids is 1. The van der Waals surface area contributed by atoms with E-state index in [1.165, 1.54) is 25.3 Å². The van der Waals surface area contributed by atoms with E-state index in [1.807, 2.05) is 4.90 Å². The van der Waals surface area contributed by atoms with Crippen LogP contribution in [-0.2, 0) is 0 Å². The van der Waals surface area contributed by atoms with Gasteiger partial charge < -0.3 is 9.64 Å². The Bertz CT molecular complexity index is 615. The fraction of sp³-hybridized carbons (Fsp3) is 0.611. The Labute approximate surface area is 142 Å². The van der Waals surface area contributed by atoms with Gasteiger partial charge in [-0.25, -0.2) is 0 Å². The number of methoxy groups -OCH3 is 1. The molecule has 1 saturated heterocycles. The molecule has 6 heteroatoms. The van der Waals surface area contributed by atoms with E-state index in [2.05, 4.69) is 20.8 Å². The maximum absolute atomic E-state index is 13.0. The number of ether oxygens (including phenoxy) is 1. The quantitative estimate of drug-likeness (QED) is 0.618. The molecular weight excluding hydrogens is 308 g/mol. The molecule has 1 aromatic carbocycles. The molecule has 2 unspecified atom stereocenters. The van der Waals surface area contributed by atoms with Crippen molar-refractivity contribution in [2.45, 2.75) is 46.1 Å². The van der Waals surface area contributed by atoms with Crippen LogP contribution in [0.4, 0.5) is 5.69 Å². The number of benzene rings is 1. The summed E-state index contributed by atoms with van der Waals surface area (Å²) in [4.78, 5) is 25.5. The molecule has 1 fully saturated rings. The minimum atomic E-state index is -0.502. The Morgan fingerprint density at radius 2 is 2.04 bits per heavy atom. The Morgan fingerprint density at radius 1 is 1.33 bits per heavy atom. The van der Waals surface area contributed by atoms with Gasteiger partial charge in [0.2, 0.25) is 0 Å². The third kappa shape index (κ3) is 3.86. The molecule has 6 nitrogen and oxygen atoms in total. The normalized spacial score (nSPS) is 21.5. The molecule has 1 aliphatic rings. The molecule has 0 bridgehead atoms. The van der Waals surface area contributed by atoms with Gasteiger partial charge in [-0.15, -0.1) is 0 Å². The molecule has 0 spiro atoms. The van der Waals surface area contributed by atoms with Crippen LogP contribution in [0, 0.1) is 22.0 Å². The summed E-state index contributed by atoms with van der Waals surface area (Å²) in [6, 6.07) is 4.54. The van der Waals surface area contributed by atoms with E-state index < -0.39 is 4.92 Å². The van der Waals surface area contributed by atoms with Crippen molar-refractivity contribution in [3.8, 4) is 5.75 Å². The summed E-state index contributed by atoms with van der Waals surface area (Å²) in [7, 11) is 1.38. The highest BCUT2D eigenvalue weighted by Crippen LogP contribution is 2.31. The van der Waals surface area contributed by atoms with E-state index in [4.69, 9.17) is 4.74 Å². The van der Waals surface area contributed by atoms with E-state index in [-0.39, 0.29) is 23.4 Å². The highest BCUT2D eigenvalue weighted by atomic mass is 16.6.